The standard InChI is InChI=1S/2C6H5.2C5H5.2ClH.H2Si.Zr/c2*1-2-4-6-5-3-1;2*1-2-4-5-3-1;;;;/h2*1-5H;2*1-3H,4H2;2*1H;1H2;/q4*-1;;;;. The van der Waals surface area contributed by atoms with Crippen molar-refractivity contribution < 1.29 is 23.3 Å². The number of rotatable bonds is 0. The summed E-state index contributed by atoms with van der Waals surface area (Å²) in [7, 11) is 0. The van der Waals surface area contributed by atoms with Gasteiger partial charge in [-0.15, -0.1) is 37.7 Å². The van der Waals surface area contributed by atoms with Gasteiger partial charge in [-0.2, -0.15) is 84.9 Å². The Labute approximate surface area is 188 Å². The molecule has 0 fully saturated rings. The average molecular weight is 479 g/mol. The van der Waals surface area contributed by atoms with Gasteiger partial charge in [-0.3, -0.25) is 12.2 Å². The van der Waals surface area contributed by atoms with Crippen molar-refractivity contribution in [1.29, 1.82) is 0 Å². The molecule has 138 valence electrons. The first kappa shape index (κ1) is 29.8. The van der Waals surface area contributed by atoms with Gasteiger partial charge >= 0.3 is 30.2 Å². The van der Waals surface area contributed by atoms with Gasteiger partial charge in [-0.1, -0.05) is 0 Å². The smallest absolute Gasteiger partial charge is 0.171 e. The number of halogens is 2. The van der Waals surface area contributed by atoms with E-state index >= 15 is 0 Å². The summed E-state index contributed by atoms with van der Waals surface area (Å²) in [6.45, 7) is 1.95. The van der Waals surface area contributed by atoms with E-state index in [1.165, 1.54) is 0 Å². The van der Waals surface area contributed by atoms with Gasteiger partial charge < -0.3 is 0 Å². The summed E-state index contributed by atoms with van der Waals surface area (Å²) in [6, 6.07) is 25.0. The molecule has 0 N–H and O–H groups in total. The molecule has 0 saturated carbocycles. The minimum Gasteiger partial charge on any atom is -0.184 e. The monoisotopic (exact) mass is 476 g/mol. The maximum Gasteiger partial charge on any atom is -0.171 e. The van der Waals surface area contributed by atoms with E-state index in [2.05, 4.69) is 36.4 Å². The van der Waals surface area contributed by atoms with Crippen LogP contribution in [0.2, 0.25) is 0 Å². The molecule has 0 nitrogen and oxygen atoms in total. The van der Waals surface area contributed by atoms with Crippen LogP contribution in [-0.4, -0.2) is 6.88 Å². The van der Waals surface area contributed by atoms with Crippen LogP contribution in [0, 0.1) is 24.3 Å². The summed E-state index contributed by atoms with van der Waals surface area (Å²) in [5.41, 5.74) is 0. The van der Waals surface area contributed by atoms with Crippen LogP contribution in [0.15, 0.2) is 97.1 Å². The first-order chi connectivity index (χ1) is 12.0. The fourth-order valence-corrected chi connectivity index (χ4v) is 1.36. The average Bonchev–Trinajstić information content (AvgIpc) is 3.45. The molecule has 0 spiro atoms. The molecule has 0 bridgehead atoms. The van der Waals surface area contributed by atoms with E-state index in [-0.39, 0.29) is 24.8 Å². The quantitative estimate of drug-likeness (QED) is 0.346. The van der Waals surface area contributed by atoms with Gasteiger partial charge in [0.2, 0.25) is 0 Å². The zero-order valence-electron chi connectivity index (χ0n) is 14.7. The van der Waals surface area contributed by atoms with Crippen LogP contribution in [0.25, 0.3) is 0 Å². The Kier molecular flexibility index (Phi) is 33.1. The SMILES string of the molecule is Cl.Cl.[C-]1=CC=CC1.[C-]1=CC=CC1.[SiH2]=[Zr].[c-]1ccccc1.[c-]1ccccc1. The van der Waals surface area contributed by atoms with Crippen molar-refractivity contribution >= 4 is 31.7 Å². The number of benzene rings is 2. The number of hydrogen-bond acceptors (Lipinski definition) is 0. The predicted molar refractivity (Wildman–Crippen MR) is 117 cm³/mol. The molecule has 0 aromatic heterocycles. The molecule has 0 aliphatic heterocycles. The summed E-state index contributed by atoms with van der Waals surface area (Å²) in [6.07, 6.45) is 20.0. The van der Waals surface area contributed by atoms with Crippen molar-refractivity contribution in [3.63, 3.8) is 0 Å². The van der Waals surface area contributed by atoms with Gasteiger partial charge in [0.25, 0.3) is 0 Å². The van der Waals surface area contributed by atoms with Crippen molar-refractivity contribution in [3.8, 4) is 0 Å². The van der Waals surface area contributed by atoms with Crippen LogP contribution in [-0.2, 0) is 23.3 Å². The van der Waals surface area contributed by atoms with E-state index in [1.807, 2.05) is 91.8 Å². The molecule has 0 amide bonds. The first-order valence-corrected chi connectivity index (χ1v) is 13.5. The van der Waals surface area contributed by atoms with Gasteiger partial charge in [0.15, 0.2) is 0 Å². The van der Waals surface area contributed by atoms with E-state index in [9.17, 15) is 0 Å². The minimum absolute atomic E-state index is 0. The topological polar surface area (TPSA) is 0 Å². The molecule has 4 heteroatoms. The Balaban J connectivity index is -0.000000257. The van der Waals surface area contributed by atoms with Crippen LogP contribution >= 0.6 is 24.8 Å². The third kappa shape index (κ3) is 25.3. The summed E-state index contributed by atoms with van der Waals surface area (Å²) in [4.78, 5) is 0. The van der Waals surface area contributed by atoms with E-state index in [0.717, 1.165) is 12.8 Å². The molecule has 0 unspecified atom stereocenters. The summed E-state index contributed by atoms with van der Waals surface area (Å²) >= 11 is 1.58. The van der Waals surface area contributed by atoms with Gasteiger partial charge in [0.1, 0.15) is 0 Å². The first-order valence-electron chi connectivity index (χ1n) is 7.61. The van der Waals surface area contributed by atoms with Crippen LogP contribution in [0.5, 0.6) is 0 Å². The second kappa shape index (κ2) is 28.9. The third-order valence-electron chi connectivity index (χ3n) is 2.39. The van der Waals surface area contributed by atoms with Gasteiger partial charge in [-0.05, 0) is 0 Å². The third-order valence-corrected chi connectivity index (χ3v) is 2.39. The van der Waals surface area contributed by atoms with Crippen molar-refractivity contribution in [2.24, 2.45) is 0 Å². The van der Waals surface area contributed by atoms with E-state index in [1.54, 1.807) is 23.3 Å². The van der Waals surface area contributed by atoms with Crippen molar-refractivity contribution in [2.45, 2.75) is 12.8 Å². The molecule has 0 saturated heterocycles. The van der Waals surface area contributed by atoms with Gasteiger partial charge in [-0.25, -0.2) is 24.3 Å². The van der Waals surface area contributed by atoms with E-state index in [0.29, 0.717) is 0 Å². The van der Waals surface area contributed by atoms with E-state index in [4.69, 9.17) is 0 Å². The largest absolute Gasteiger partial charge is 0.184 e. The van der Waals surface area contributed by atoms with Crippen LogP contribution in [0.3, 0.4) is 0 Å². The molecular weight excluding hydrogens is 454 g/mol. The second-order valence-corrected chi connectivity index (χ2v) is 4.16. The molecule has 2 aromatic carbocycles. The Hall–Kier alpha value is -0.920. The van der Waals surface area contributed by atoms with E-state index < -0.39 is 0 Å². The second-order valence-electron chi connectivity index (χ2n) is 4.16. The number of hydrogen-bond donors (Lipinski definition) is 0. The Morgan fingerprint density at radius 2 is 0.923 bits per heavy atom. The predicted octanol–water partition coefficient (Wildman–Crippen LogP) is 5.51. The molecule has 0 atom stereocenters. The van der Waals surface area contributed by atoms with Gasteiger partial charge in [0.05, 0.1) is 0 Å². The molecule has 2 aliphatic carbocycles. The summed E-state index contributed by atoms with van der Waals surface area (Å²) < 4.78 is 0. The maximum atomic E-state index is 2.99. The molecule has 4 rings (SSSR count). The fraction of sp³-hybridized carbons (Fsp3) is 0.0909. The number of allylic oxidation sites excluding steroid dienone is 8. The van der Waals surface area contributed by atoms with Crippen molar-refractivity contribution in [2.75, 3.05) is 0 Å². The van der Waals surface area contributed by atoms with Crippen LogP contribution < -0.4 is 0 Å². The zero-order chi connectivity index (χ0) is 17.6. The normalized spacial score (nSPS) is 10.6. The summed E-state index contributed by atoms with van der Waals surface area (Å²) in [5, 5.41) is 0. The molecule has 0 heterocycles. The molecule has 2 aliphatic rings. The minimum atomic E-state index is 0. The molecule has 2 aromatic rings. The Bertz CT molecular complexity index is 455. The Morgan fingerprint density at radius 1 is 0.577 bits per heavy atom. The molecular formula is C22H24Cl2SiZr-4. The molecule has 26 heavy (non-hydrogen) atoms. The van der Waals surface area contributed by atoms with Crippen LogP contribution in [0.4, 0.5) is 0 Å². The van der Waals surface area contributed by atoms with Crippen molar-refractivity contribution in [1.82, 2.24) is 0 Å². The Morgan fingerprint density at radius 3 is 1.00 bits per heavy atom. The molecule has 0 radical (unpaired) electrons. The van der Waals surface area contributed by atoms with Gasteiger partial charge in [0, 0.05) is 0 Å². The van der Waals surface area contributed by atoms with Crippen molar-refractivity contribution in [3.05, 3.63) is 121 Å². The summed E-state index contributed by atoms with van der Waals surface area (Å²) in [5.74, 6) is 0. The van der Waals surface area contributed by atoms with Crippen LogP contribution in [0.1, 0.15) is 12.8 Å². The zero-order valence-corrected chi connectivity index (χ0v) is 20.2. The fourth-order valence-electron chi connectivity index (χ4n) is 1.36. The maximum absolute atomic E-state index is 2.99.